The van der Waals surface area contributed by atoms with Crippen molar-refractivity contribution in [1.29, 1.82) is 0 Å². The number of nitrogens with zero attached hydrogens (tertiary/aromatic N) is 6. The van der Waals surface area contributed by atoms with Crippen LogP contribution in [0.25, 0.3) is 0 Å². The van der Waals surface area contributed by atoms with Crippen LogP contribution in [-0.4, -0.2) is 99.4 Å². The average molecular weight is 491 g/mol. The minimum Gasteiger partial charge on any atom is -0.377 e. The first-order valence-corrected chi connectivity index (χ1v) is 13.4. The van der Waals surface area contributed by atoms with E-state index in [0.717, 1.165) is 63.5 Å². The highest BCUT2D eigenvalue weighted by atomic mass is 32.2. The predicted molar refractivity (Wildman–Crippen MR) is 127 cm³/mol. The van der Waals surface area contributed by atoms with Crippen LogP contribution in [0.2, 0.25) is 0 Å². The summed E-state index contributed by atoms with van der Waals surface area (Å²) in [5.41, 5.74) is 0. The Morgan fingerprint density at radius 1 is 0.912 bits per heavy atom. The molecule has 3 saturated heterocycles. The lowest BCUT2D eigenvalue weighted by Gasteiger charge is -2.36. The fourth-order valence-corrected chi connectivity index (χ4v) is 6.28. The Labute approximate surface area is 200 Å². The third kappa shape index (κ3) is 5.17. The molecular formula is C23H31FN6O3S. The van der Waals surface area contributed by atoms with Crippen LogP contribution >= 0.6 is 0 Å². The van der Waals surface area contributed by atoms with E-state index in [0.29, 0.717) is 32.3 Å². The van der Waals surface area contributed by atoms with E-state index in [1.807, 2.05) is 17.0 Å². The smallest absolute Gasteiger partial charge is 0.243 e. The van der Waals surface area contributed by atoms with Crippen molar-refractivity contribution >= 4 is 21.7 Å². The zero-order valence-corrected chi connectivity index (χ0v) is 20.0. The van der Waals surface area contributed by atoms with Crippen molar-refractivity contribution in [3.05, 3.63) is 42.2 Å². The minimum absolute atomic E-state index is 0.0130. The van der Waals surface area contributed by atoms with E-state index in [-0.39, 0.29) is 4.90 Å². The molecule has 1 aromatic heterocycles. The normalized spacial score (nSPS) is 22.9. The molecule has 1 unspecified atom stereocenters. The topological polar surface area (TPSA) is 82.1 Å². The van der Waals surface area contributed by atoms with Crippen LogP contribution in [0, 0.1) is 5.82 Å². The van der Waals surface area contributed by atoms with Gasteiger partial charge in [0, 0.05) is 65.5 Å². The van der Waals surface area contributed by atoms with E-state index in [1.165, 1.54) is 28.9 Å². The van der Waals surface area contributed by atoms with E-state index in [4.69, 9.17) is 4.74 Å². The molecule has 3 fully saturated rings. The highest BCUT2D eigenvalue weighted by Gasteiger charge is 2.29. The van der Waals surface area contributed by atoms with Gasteiger partial charge < -0.3 is 14.5 Å². The summed E-state index contributed by atoms with van der Waals surface area (Å²) in [6, 6.07) is 9.10. The lowest BCUT2D eigenvalue weighted by Crippen LogP contribution is -2.49. The summed E-state index contributed by atoms with van der Waals surface area (Å²) in [5.74, 6) is 1.05. The predicted octanol–water partition coefficient (Wildman–Crippen LogP) is 1.43. The molecular weight excluding hydrogens is 459 g/mol. The first-order chi connectivity index (χ1) is 16.5. The zero-order chi connectivity index (χ0) is 23.5. The summed E-state index contributed by atoms with van der Waals surface area (Å²) in [6.07, 6.45) is 2.72. The molecule has 0 saturated carbocycles. The molecule has 4 heterocycles. The number of sulfonamides is 1. The average Bonchev–Trinajstić information content (AvgIpc) is 3.38. The number of anilines is 2. The molecule has 34 heavy (non-hydrogen) atoms. The van der Waals surface area contributed by atoms with E-state index >= 15 is 0 Å². The Kier molecular flexibility index (Phi) is 6.96. The third-order valence-corrected chi connectivity index (χ3v) is 8.71. The van der Waals surface area contributed by atoms with Crippen LogP contribution in [0.3, 0.4) is 0 Å². The molecule has 0 bridgehead atoms. The fraction of sp³-hybridized carbons (Fsp3) is 0.565. The van der Waals surface area contributed by atoms with Gasteiger partial charge in [-0.3, -0.25) is 4.90 Å². The molecule has 184 valence electrons. The second-order valence-electron chi connectivity index (χ2n) is 9.02. The van der Waals surface area contributed by atoms with Crippen LogP contribution in [0.1, 0.15) is 12.8 Å². The molecule has 2 aromatic rings. The Morgan fingerprint density at radius 2 is 1.56 bits per heavy atom. The number of piperazine rings is 2. The summed E-state index contributed by atoms with van der Waals surface area (Å²) in [6.45, 7) is 7.35. The highest BCUT2D eigenvalue weighted by Crippen LogP contribution is 2.22. The quantitative estimate of drug-likeness (QED) is 0.602. The van der Waals surface area contributed by atoms with Gasteiger partial charge in [0.2, 0.25) is 10.0 Å². The third-order valence-electron chi connectivity index (χ3n) is 6.81. The Balaban J connectivity index is 1.13. The number of hydrogen-bond donors (Lipinski definition) is 0. The number of halogens is 1. The second kappa shape index (κ2) is 10.1. The van der Waals surface area contributed by atoms with Crippen LogP contribution < -0.4 is 9.80 Å². The summed E-state index contributed by atoms with van der Waals surface area (Å²) >= 11 is 0. The van der Waals surface area contributed by atoms with Crippen molar-refractivity contribution in [1.82, 2.24) is 19.4 Å². The van der Waals surface area contributed by atoms with Crippen molar-refractivity contribution in [2.75, 3.05) is 75.3 Å². The van der Waals surface area contributed by atoms with Gasteiger partial charge in [-0.1, -0.05) is 6.07 Å². The SMILES string of the molecule is O=S(=O)(c1cccc(F)c1)N1CCN(c2ccc(N3CCN(CC4CCCO4)CC3)nn2)CC1. The maximum absolute atomic E-state index is 13.5. The molecule has 0 N–H and O–H groups in total. The standard InChI is InChI=1S/C23H31FN6O3S/c24-19-3-1-5-21(17-19)34(31,32)30-14-12-29(13-15-30)23-7-6-22(25-26-23)28-10-8-27(9-11-28)18-20-4-2-16-33-20/h1,3,5-7,17,20H,2,4,8-16,18H2. The van der Waals surface area contributed by atoms with E-state index < -0.39 is 15.8 Å². The number of rotatable bonds is 6. The first-order valence-electron chi connectivity index (χ1n) is 11.9. The minimum atomic E-state index is -3.71. The molecule has 0 spiro atoms. The van der Waals surface area contributed by atoms with Gasteiger partial charge in [-0.15, -0.1) is 10.2 Å². The molecule has 5 rings (SSSR count). The fourth-order valence-electron chi connectivity index (χ4n) is 4.83. The van der Waals surface area contributed by atoms with Gasteiger partial charge >= 0.3 is 0 Å². The highest BCUT2D eigenvalue weighted by molar-refractivity contribution is 7.89. The van der Waals surface area contributed by atoms with Crippen LogP contribution in [-0.2, 0) is 14.8 Å². The van der Waals surface area contributed by atoms with Crippen LogP contribution in [0.4, 0.5) is 16.0 Å². The van der Waals surface area contributed by atoms with Gasteiger partial charge in [-0.2, -0.15) is 4.31 Å². The van der Waals surface area contributed by atoms with Crippen molar-refractivity contribution in [2.24, 2.45) is 0 Å². The lowest BCUT2D eigenvalue weighted by atomic mass is 10.2. The molecule has 0 radical (unpaired) electrons. The summed E-state index contributed by atoms with van der Waals surface area (Å²) in [5, 5.41) is 8.87. The van der Waals surface area contributed by atoms with E-state index in [9.17, 15) is 12.8 Å². The molecule has 1 aromatic carbocycles. The first kappa shape index (κ1) is 23.4. The van der Waals surface area contributed by atoms with Gasteiger partial charge in [0.15, 0.2) is 11.6 Å². The number of ether oxygens (including phenoxy) is 1. The van der Waals surface area contributed by atoms with E-state index in [2.05, 4.69) is 20.0 Å². The number of benzene rings is 1. The molecule has 0 aliphatic carbocycles. The molecule has 3 aliphatic rings. The van der Waals surface area contributed by atoms with Crippen LogP contribution in [0.5, 0.6) is 0 Å². The molecule has 1 atom stereocenters. The zero-order valence-electron chi connectivity index (χ0n) is 19.2. The van der Waals surface area contributed by atoms with Crippen molar-refractivity contribution in [2.45, 2.75) is 23.8 Å². The molecule has 11 heteroatoms. The number of aromatic nitrogens is 2. The Morgan fingerprint density at radius 3 is 2.12 bits per heavy atom. The maximum atomic E-state index is 13.5. The number of hydrogen-bond acceptors (Lipinski definition) is 8. The molecule has 3 aliphatic heterocycles. The monoisotopic (exact) mass is 490 g/mol. The summed E-state index contributed by atoms with van der Waals surface area (Å²) in [4.78, 5) is 6.74. The van der Waals surface area contributed by atoms with Crippen LogP contribution in [0.15, 0.2) is 41.3 Å². The Bertz CT molecular complexity index is 1060. The van der Waals surface area contributed by atoms with Crippen molar-refractivity contribution in [3.8, 4) is 0 Å². The van der Waals surface area contributed by atoms with Crippen molar-refractivity contribution in [3.63, 3.8) is 0 Å². The largest absolute Gasteiger partial charge is 0.377 e. The van der Waals surface area contributed by atoms with Gasteiger partial charge in [-0.25, -0.2) is 12.8 Å². The maximum Gasteiger partial charge on any atom is 0.243 e. The summed E-state index contributed by atoms with van der Waals surface area (Å²) in [7, 11) is -3.71. The molecule has 9 nitrogen and oxygen atoms in total. The molecule has 0 amide bonds. The Hall–Kier alpha value is -2.34. The van der Waals surface area contributed by atoms with E-state index in [1.54, 1.807) is 0 Å². The van der Waals surface area contributed by atoms with Gasteiger partial charge in [0.1, 0.15) is 5.82 Å². The second-order valence-corrected chi connectivity index (χ2v) is 11.0. The lowest BCUT2D eigenvalue weighted by molar-refractivity contribution is 0.0712. The van der Waals surface area contributed by atoms with Gasteiger partial charge in [0.05, 0.1) is 11.0 Å². The van der Waals surface area contributed by atoms with Gasteiger partial charge in [0.25, 0.3) is 0 Å². The van der Waals surface area contributed by atoms with Gasteiger partial charge in [-0.05, 0) is 43.2 Å². The van der Waals surface area contributed by atoms with Crippen molar-refractivity contribution < 1.29 is 17.5 Å². The summed E-state index contributed by atoms with van der Waals surface area (Å²) < 4.78 is 46.3.